The van der Waals surface area contributed by atoms with E-state index in [1.54, 1.807) is 25.2 Å². The Labute approximate surface area is 136 Å². The summed E-state index contributed by atoms with van der Waals surface area (Å²) in [6.07, 6.45) is 0.328. The first-order valence-corrected chi connectivity index (χ1v) is 6.86. The van der Waals surface area contributed by atoms with Crippen LogP contribution in [0.15, 0.2) is 18.2 Å². The van der Waals surface area contributed by atoms with Gasteiger partial charge in [0, 0.05) is 24.0 Å². The van der Waals surface area contributed by atoms with Crippen molar-refractivity contribution in [3.63, 3.8) is 0 Å². The maximum Gasteiger partial charge on any atom is 0.253 e. The minimum absolute atomic E-state index is 0. The summed E-state index contributed by atoms with van der Waals surface area (Å²) in [6.45, 7) is 4.32. The average molecular weight is 334 g/mol. The number of carbonyl (C=O) groups excluding carboxylic acids is 2. The maximum absolute atomic E-state index is 12.1. The highest BCUT2D eigenvalue weighted by Crippen LogP contribution is 2.21. The van der Waals surface area contributed by atoms with Gasteiger partial charge in [-0.25, -0.2) is 0 Å². The van der Waals surface area contributed by atoms with Gasteiger partial charge in [-0.2, -0.15) is 0 Å². The first-order valence-electron chi connectivity index (χ1n) is 6.49. The highest BCUT2D eigenvalue weighted by Gasteiger charge is 2.14. The third kappa shape index (κ3) is 6.80. The minimum Gasteiger partial charge on any atom is -0.350 e. The molecule has 118 valence electrons. The van der Waals surface area contributed by atoms with Crippen molar-refractivity contribution in [1.29, 1.82) is 0 Å². The van der Waals surface area contributed by atoms with Crippen LogP contribution in [0.3, 0.4) is 0 Å². The zero-order valence-electron chi connectivity index (χ0n) is 12.3. The molecule has 0 heterocycles. The van der Waals surface area contributed by atoms with Crippen LogP contribution in [0.2, 0.25) is 5.02 Å². The van der Waals surface area contributed by atoms with Gasteiger partial charge >= 0.3 is 0 Å². The van der Waals surface area contributed by atoms with E-state index < -0.39 is 0 Å². The zero-order valence-corrected chi connectivity index (χ0v) is 13.9. The summed E-state index contributed by atoms with van der Waals surface area (Å²) < 4.78 is 0. The smallest absolute Gasteiger partial charge is 0.253 e. The molecule has 0 aliphatic rings. The minimum atomic E-state index is -0.236. The molecule has 0 spiro atoms. The molecule has 0 saturated heterocycles. The van der Waals surface area contributed by atoms with Gasteiger partial charge in [0.2, 0.25) is 5.91 Å². The number of anilines is 1. The van der Waals surface area contributed by atoms with Crippen molar-refractivity contribution < 1.29 is 9.59 Å². The predicted molar refractivity (Wildman–Crippen MR) is 88.5 cm³/mol. The van der Waals surface area contributed by atoms with Crippen molar-refractivity contribution in [2.45, 2.75) is 26.3 Å². The van der Waals surface area contributed by atoms with E-state index in [1.807, 2.05) is 13.8 Å². The lowest BCUT2D eigenvalue weighted by Gasteiger charge is -2.13. The van der Waals surface area contributed by atoms with Gasteiger partial charge in [0.15, 0.2) is 0 Å². The molecule has 0 aromatic heterocycles. The maximum atomic E-state index is 12.1. The Morgan fingerprint density at radius 1 is 1.29 bits per heavy atom. The van der Waals surface area contributed by atoms with E-state index in [9.17, 15) is 9.59 Å². The van der Waals surface area contributed by atoms with Crippen LogP contribution < -0.4 is 16.0 Å². The molecule has 1 rings (SSSR count). The summed E-state index contributed by atoms with van der Waals surface area (Å²) in [7, 11) is 1.77. The standard InChI is InChI=1S/C14H20ClN3O2.ClH/c1-9(2)17-14(20)11-5-4-10(15)8-12(11)18-13(19)6-7-16-3;/h4-5,8-9,16H,6-7H2,1-3H3,(H,17,20)(H,18,19);1H. The van der Waals surface area contributed by atoms with E-state index in [-0.39, 0.29) is 30.3 Å². The van der Waals surface area contributed by atoms with Crippen molar-refractivity contribution in [2.24, 2.45) is 0 Å². The lowest BCUT2D eigenvalue weighted by atomic mass is 10.1. The summed E-state index contributed by atoms with van der Waals surface area (Å²) >= 11 is 5.92. The van der Waals surface area contributed by atoms with Crippen LogP contribution in [0.1, 0.15) is 30.6 Å². The van der Waals surface area contributed by atoms with E-state index in [2.05, 4.69) is 16.0 Å². The fourth-order valence-corrected chi connectivity index (χ4v) is 1.78. The molecule has 0 radical (unpaired) electrons. The van der Waals surface area contributed by atoms with E-state index in [4.69, 9.17) is 11.6 Å². The molecule has 1 aromatic carbocycles. The van der Waals surface area contributed by atoms with Crippen molar-refractivity contribution >= 4 is 41.5 Å². The molecule has 1 aromatic rings. The molecule has 2 amide bonds. The van der Waals surface area contributed by atoms with Crippen LogP contribution in [0.25, 0.3) is 0 Å². The predicted octanol–water partition coefficient (Wildman–Crippen LogP) is 2.45. The average Bonchev–Trinajstić information content (AvgIpc) is 2.35. The van der Waals surface area contributed by atoms with E-state index in [0.717, 1.165) is 0 Å². The largest absolute Gasteiger partial charge is 0.350 e. The molecule has 3 N–H and O–H groups in total. The van der Waals surface area contributed by atoms with Crippen LogP contribution in [0.5, 0.6) is 0 Å². The van der Waals surface area contributed by atoms with E-state index >= 15 is 0 Å². The Balaban J connectivity index is 0.00000400. The Morgan fingerprint density at radius 2 is 1.95 bits per heavy atom. The molecular weight excluding hydrogens is 313 g/mol. The molecular formula is C14H21Cl2N3O2. The van der Waals surface area contributed by atoms with E-state index in [0.29, 0.717) is 29.2 Å². The number of benzene rings is 1. The van der Waals surface area contributed by atoms with Crippen LogP contribution in [0.4, 0.5) is 5.69 Å². The molecule has 0 saturated carbocycles. The first kappa shape index (κ1) is 19.7. The summed E-state index contributed by atoms with van der Waals surface area (Å²) in [4.78, 5) is 23.8. The molecule has 5 nitrogen and oxygen atoms in total. The van der Waals surface area contributed by atoms with Gasteiger partial charge in [-0.05, 0) is 39.1 Å². The second-order valence-corrected chi connectivity index (χ2v) is 5.16. The summed E-state index contributed by atoms with van der Waals surface area (Å²) in [5, 5.41) is 8.87. The highest BCUT2D eigenvalue weighted by atomic mass is 35.5. The summed E-state index contributed by atoms with van der Waals surface area (Å²) in [5.74, 6) is -0.402. The van der Waals surface area contributed by atoms with Crippen molar-refractivity contribution in [2.75, 3.05) is 18.9 Å². The molecule has 21 heavy (non-hydrogen) atoms. The third-order valence-electron chi connectivity index (χ3n) is 2.52. The van der Waals surface area contributed by atoms with Crippen LogP contribution in [-0.4, -0.2) is 31.4 Å². The number of halogens is 2. The second-order valence-electron chi connectivity index (χ2n) is 4.72. The lowest BCUT2D eigenvalue weighted by molar-refractivity contribution is -0.116. The Bertz CT molecular complexity index is 493. The Hall–Kier alpha value is -1.30. The second kappa shape index (κ2) is 9.60. The fraction of sp³-hybridized carbons (Fsp3) is 0.429. The quantitative estimate of drug-likeness (QED) is 0.748. The van der Waals surface area contributed by atoms with Gasteiger partial charge in [0.25, 0.3) is 5.91 Å². The number of hydrogen-bond donors (Lipinski definition) is 3. The first-order chi connectivity index (χ1) is 9.43. The van der Waals surface area contributed by atoms with Gasteiger partial charge < -0.3 is 16.0 Å². The number of nitrogens with one attached hydrogen (secondary N) is 3. The van der Waals surface area contributed by atoms with Crippen molar-refractivity contribution in [3.05, 3.63) is 28.8 Å². The lowest BCUT2D eigenvalue weighted by Crippen LogP contribution is -2.31. The third-order valence-corrected chi connectivity index (χ3v) is 2.76. The number of amides is 2. The molecule has 0 aliphatic carbocycles. The molecule has 0 fully saturated rings. The molecule has 0 bridgehead atoms. The highest BCUT2D eigenvalue weighted by molar-refractivity contribution is 6.31. The van der Waals surface area contributed by atoms with Gasteiger partial charge in [0.1, 0.15) is 0 Å². The normalized spacial score (nSPS) is 9.95. The van der Waals surface area contributed by atoms with Crippen LogP contribution >= 0.6 is 24.0 Å². The molecule has 7 heteroatoms. The number of hydrogen-bond acceptors (Lipinski definition) is 3. The SMILES string of the molecule is CNCCC(=O)Nc1cc(Cl)ccc1C(=O)NC(C)C.Cl. The van der Waals surface area contributed by atoms with Crippen molar-refractivity contribution in [1.82, 2.24) is 10.6 Å². The van der Waals surface area contributed by atoms with Gasteiger partial charge in [-0.3, -0.25) is 9.59 Å². The van der Waals surface area contributed by atoms with E-state index in [1.165, 1.54) is 0 Å². The number of carbonyl (C=O) groups is 2. The fourth-order valence-electron chi connectivity index (χ4n) is 1.61. The van der Waals surface area contributed by atoms with Crippen LogP contribution in [-0.2, 0) is 4.79 Å². The van der Waals surface area contributed by atoms with Gasteiger partial charge in [-0.1, -0.05) is 11.6 Å². The van der Waals surface area contributed by atoms with Crippen molar-refractivity contribution in [3.8, 4) is 0 Å². The van der Waals surface area contributed by atoms with Crippen LogP contribution in [0, 0.1) is 0 Å². The monoisotopic (exact) mass is 333 g/mol. The molecule has 0 atom stereocenters. The zero-order chi connectivity index (χ0) is 15.1. The Morgan fingerprint density at radius 3 is 2.52 bits per heavy atom. The molecule has 0 unspecified atom stereocenters. The Kier molecular flexibility index (Phi) is 9.01. The summed E-state index contributed by atoms with van der Waals surface area (Å²) in [5.41, 5.74) is 0.831. The number of rotatable bonds is 6. The topological polar surface area (TPSA) is 70.2 Å². The molecule has 0 aliphatic heterocycles. The van der Waals surface area contributed by atoms with Gasteiger partial charge in [-0.15, -0.1) is 12.4 Å². The van der Waals surface area contributed by atoms with Gasteiger partial charge in [0.05, 0.1) is 11.3 Å². The summed E-state index contributed by atoms with van der Waals surface area (Å²) in [6, 6.07) is 4.83.